The van der Waals surface area contributed by atoms with E-state index in [1.807, 2.05) is 18.2 Å². The van der Waals surface area contributed by atoms with E-state index >= 15 is 0 Å². The average Bonchev–Trinajstić information content (AvgIpc) is 3.62. The van der Waals surface area contributed by atoms with Gasteiger partial charge in [-0.1, -0.05) is 0 Å². The predicted molar refractivity (Wildman–Crippen MR) is 140 cm³/mol. The van der Waals surface area contributed by atoms with Crippen LogP contribution in [-0.4, -0.2) is 51.7 Å². The van der Waals surface area contributed by atoms with Crippen LogP contribution in [0.2, 0.25) is 0 Å². The highest BCUT2D eigenvalue weighted by Gasteiger charge is 2.42. The molecule has 3 heterocycles. The summed E-state index contributed by atoms with van der Waals surface area (Å²) in [5, 5.41) is 2.67. The maximum absolute atomic E-state index is 13.3. The molecular weight excluding hydrogens is 507 g/mol. The average molecular weight is 537 g/mol. The van der Waals surface area contributed by atoms with Gasteiger partial charge in [0.05, 0.1) is 27.4 Å². The molecule has 3 aliphatic rings. The summed E-state index contributed by atoms with van der Waals surface area (Å²) in [5.74, 6) is 2.49. The smallest absolute Gasteiger partial charge is 0.417 e. The Labute approximate surface area is 225 Å². The molecule has 3 aromatic carbocycles. The molecule has 0 aliphatic carbocycles. The second-order valence-electron chi connectivity index (χ2n) is 9.63. The number of methoxy groups -OCH3 is 3. The van der Waals surface area contributed by atoms with Crippen molar-refractivity contribution in [1.29, 1.82) is 0 Å². The van der Waals surface area contributed by atoms with Gasteiger partial charge in [-0.05, 0) is 79.4 Å². The predicted octanol–water partition coefficient (Wildman–Crippen LogP) is 5.30. The molecule has 0 radical (unpaired) electrons. The maximum atomic E-state index is 13.3. The number of amides is 1. The first-order chi connectivity index (χ1) is 19.0. The van der Waals surface area contributed by atoms with Gasteiger partial charge in [-0.3, -0.25) is 10.2 Å². The molecule has 0 bridgehead atoms. The molecule has 0 unspecified atom stereocenters. The lowest BCUT2D eigenvalue weighted by Gasteiger charge is -2.40. The number of anilines is 1. The van der Waals surface area contributed by atoms with Crippen LogP contribution in [-0.2, 0) is 6.42 Å². The third-order valence-corrected chi connectivity index (χ3v) is 7.53. The monoisotopic (exact) mass is 536 g/mol. The first-order valence-corrected chi connectivity index (χ1v) is 12.8. The molecule has 0 aromatic heterocycles. The van der Waals surface area contributed by atoms with Crippen LogP contribution >= 0.6 is 0 Å². The Morgan fingerprint density at radius 1 is 1.00 bits per heavy atom. The molecule has 9 nitrogen and oxygen atoms in total. The first kappa shape index (κ1) is 25.1. The normalized spacial score (nSPS) is 19.2. The van der Waals surface area contributed by atoms with Crippen molar-refractivity contribution in [2.45, 2.75) is 31.3 Å². The van der Waals surface area contributed by atoms with Crippen molar-refractivity contribution in [3.8, 4) is 34.5 Å². The first-order valence-electron chi connectivity index (χ1n) is 12.8. The molecule has 2 atom stereocenters. The highest BCUT2D eigenvalue weighted by molar-refractivity contribution is 5.87. The molecule has 0 saturated carbocycles. The summed E-state index contributed by atoms with van der Waals surface area (Å²) in [7, 11) is 4.77. The third kappa shape index (κ3) is 4.44. The molecular formula is C29H29FN2O7. The molecule has 204 valence electrons. The number of carbonyl (C=O) groups is 1. The van der Waals surface area contributed by atoms with E-state index in [2.05, 4.69) is 10.2 Å². The summed E-state index contributed by atoms with van der Waals surface area (Å²) in [6.07, 6.45) is 2.04. The summed E-state index contributed by atoms with van der Waals surface area (Å²) in [6, 6.07) is 11.4. The van der Waals surface area contributed by atoms with Crippen molar-refractivity contribution in [2.24, 2.45) is 0 Å². The van der Waals surface area contributed by atoms with E-state index in [0.717, 1.165) is 36.1 Å². The van der Waals surface area contributed by atoms with Gasteiger partial charge in [0.25, 0.3) is 0 Å². The van der Waals surface area contributed by atoms with E-state index in [4.69, 9.17) is 28.4 Å². The van der Waals surface area contributed by atoms with Crippen molar-refractivity contribution in [2.75, 3.05) is 40.0 Å². The van der Waals surface area contributed by atoms with Crippen LogP contribution < -0.4 is 33.7 Å². The topological polar surface area (TPSA) is 87.7 Å². The van der Waals surface area contributed by atoms with Crippen LogP contribution in [0.4, 0.5) is 14.9 Å². The largest absolute Gasteiger partial charge is 0.493 e. The van der Waals surface area contributed by atoms with Crippen LogP contribution in [0.3, 0.4) is 0 Å². The SMILES string of the molecule is COc1cc([C@@H]2c3cc4c(c(OC(=O)Nc5ccc(F)cc5)c3C[C@@H]3CCCN32)OCO4)cc(OC)c1OC. The second kappa shape index (κ2) is 10.2. The van der Waals surface area contributed by atoms with E-state index in [1.165, 1.54) is 24.3 Å². The number of fused-ring (bicyclic) bond motifs is 3. The maximum Gasteiger partial charge on any atom is 0.417 e. The van der Waals surface area contributed by atoms with Crippen molar-refractivity contribution in [1.82, 2.24) is 4.90 Å². The Kier molecular flexibility index (Phi) is 6.56. The van der Waals surface area contributed by atoms with Gasteiger partial charge in [0.15, 0.2) is 23.0 Å². The van der Waals surface area contributed by atoms with Crippen LogP contribution in [0.25, 0.3) is 0 Å². The number of hydrogen-bond donors (Lipinski definition) is 1. The fraction of sp³-hybridized carbons (Fsp3) is 0.345. The summed E-state index contributed by atoms with van der Waals surface area (Å²) in [4.78, 5) is 15.5. The molecule has 3 aromatic rings. The number of hydrogen-bond acceptors (Lipinski definition) is 8. The minimum atomic E-state index is -0.703. The van der Waals surface area contributed by atoms with Gasteiger partial charge in [0.2, 0.25) is 18.3 Å². The minimum Gasteiger partial charge on any atom is -0.493 e. The minimum absolute atomic E-state index is 0.0240. The molecule has 1 fully saturated rings. The fourth-order valence-corrected chi connectivity index (χ4v) is 5.86. The summed E-state index contributed by atoms with van der Waals surface area (Å²) in [6.45, 7) is 0.942. The van der Waals surface area contributed by atoms with Crippen LogP contribution in [0.15, 0.2) is 42.5 Å². The van der Waals surface area contributed by atoms with Gasteiger partial charge in [-0.2, -0.15) is 0 Å². The number of halogens is 1. The van der Waals surface area contributed by atoms with E-state index in [9.17, 15) is 9.18 Å². The lowest BCUT2D eigenvalue weighted by atomic mass is 9.84. The Morgan fingerprint density at radius 3 is 2.44 bits per heavy atom. The lowest BCUT2D eigenvalue weighted by Crippen LogP contribution is -2.40. The molecule has 10 heteroatoms. The van der Waals surface area contributed by atoms with Gasteiger partial charge in [0.1, 0.15) is 5.82 Å². The van der Waals surface area contributed by atoms with Gasteiger partial charge >= 0.3 is 6.09 Å². The number of ether oxygens (including phenoxy) is 6. The Morgan fingerprint density at radius 2 is 1.74 bits per heavy atom. The number of rotatable bonds is 6. The van der Waals surface area contributed by atoms with Crippen LogP contribution in [0.1, 0.15) is 35.6 Å². The Hall–Kier alpha value is -4.18. The zero-order chi connectivity index (χ0) is 27.1. The van der Waals surface area contributed by atoms with E-state index < -0.39 is 11.9 Å². The summed E-state index contributed by atoms with van der Waals surface area (Å²) >= 11 is 0. The standard InChI is InChI=1S/C29H29FN2O7/c1-34-22-11-16(12-23(35-2)27(22)36-3)25-20-14-24-28(38-15-37-24)26(21(20)13-19-5-4-10-32(19)25)39-29(33)31-18-8-6-17(30)7-9-18/h6-9,11-12,14,19,25H,4-5,10,13,15H2,1-3H3,(H,31,33)/t19-,25+/m0/s1. The zero-order valence-corrected chi connectivity index (χ0v) is 21.9. The molecule has 39 heavy (non-hydrogen) atoms. The molecule has 0 spiro atoms. The van der Waals surface area contributed by atoms with Gasteiger partial charge in [-0.25, -0.2) is 9.18 Å². The molecule has 1 saturated heterocycles. The molecule has 1 amide bonds. The summed E-state index contributed by atoms with van der Waals surface area (Å²) in [5.41, 5.74) is 3.21. The Balaban J connectivity index is 1.45. The molecule has 3 aliphatic heterocycles. The van der Waals surface area contributed by atoms with Crippen molar-refractivity contribution in [3.63, 3.8) is 0 Å². The highest BCUT2D eigenvalue weighted by atomic mass is 19.1. The number of benzene rings is 3. The van der Waals surface area contributed by atoms with Crippen LogP contribution in [0, 0.1) is 5.82 Å². The highest BCUT2D eigenvalue weighted by Crippen LogP contribution is 2.53. The van der Waals surface area contributed by atoms with Crippen molar-refractivity contribution in [3.05, 3.63) is 65.0 Å². The van der Waals surface area contributed by atoms with Gasteiger partial charge in [0, 0.05) is 17.3 Å². The number of nitrogens with one attached hydrogen (secondary N) is 1. The quantitative estimate of drug-likeness (QED) is 0.454. The van der Waals surface area contributed by atoms with Gasteiger partial charge < -0.3 is 28.4 Å². The fourth-order valence-electron chi connectivity index (χ4n) is 5.86. The zero-order valence-electron chi connectivity index (χ0n) is 21.9. The Bertz CT molecular complexity index is 1390. The van der Waals surface area contributed by atoms with Crippen molar-refractivity contribution >= 4 is 11.8 Å². The van der Waals surface area contributed by atoms with E-state index in [1.54, 1.807) is 21.3 Å². The summed E-state index contributed by atoms with van der Waals surface area (Å²) < 4.78 is 47.6. The van der Waals surface area contributed by atoms with E-state index in [0.29, 0.717) is 46.6 Å². The third-order valence-electron chi connectivity index (χ3n) is 7.53. The molecule has 1 N–H and O–H groups in total. The van der Waals surface area contributed by atoms with Crippen molar-refractivity contribution < 1.29 is 37.6 Å². The van der Waals surface area contributed by atoms with Crippen LogP contribution in [0.5, 0.6) is 34.5 Å². The molecule has 6 rings (SSSR count). The number of carbonyl (C=O) groups excluding carboxylic acids is 1. The second-order valence-corrected chi connectivity index (χ2v) is 9.63. The number of nitrogens with zero attached hydrogens (tertiary/aromatic N) is 1. The van der Waals surface area contributed by atoms with E-state index in [-0.39, 0.29) is 18.9 Å². The lowest BCUT2D eigenvalue weighted by molar-refractivity contribution is 0.169. The van der Waals surface area contributed by atoms with Gasteiger partial charge in [-0.15, -0.1) is 0 Å².